The quantitative estimate of drug-likeness (QED) is 0.741. The smallest absolute Gasteiger partial charge is 0.486 e. The third-order valence-corrected chi connectivity index (χ3v) is 2.05. The molecular formula is C11H14F3NO3. The standard InChI is InChI=1S/C11H14F3NO3/c1-3-8-4-5-9(10(15-8)16-2)17-6-7-18-11(12,13)14/h4-5H,3,6-7H2,1-2H3. The van der Waals surface area contributed by atoms with Gasteiger partial charge in [-0.1, -0.05) is 6.92 Å². The zero-order valence-electron chi connectivity index (χ0n) is 10.1. The van der Waals surface area contributed by atoms with Crippen LogP contribution in [0.15, 0.2) is 12.1 Å². The minimum absolute atomic E-state index is 0.233. The van der Waals surface area contributed by atoms with Crippen LogP contribution in [0.4, 0.5) is 13.2 Å². The molecule has 18 heavy (non-hydrogen) atoms. The Morgan fingerprint density at radius 2 is 1.94 bits per heavy atom. The molecule has 0 aromatic carbocycles. The van der Waals surface area contributed by atoms with Gasteiger partial charge in [-0.05, 0) is 18.6 Å². The fraction of sp³-hybridized carbons (Fsp3) is 0.545. The first-order valence-corrected chi connectivity index (χ1v) is 5.33. The number of pyridine rings is 1. The third-order valence-electron chi connectivity index (χ3n) is 2.05. The number of halogens is 3. The number of aryl methyl sites for hydroxylation is 1. The van der Waals surface area contributed by atoms with Crippen LogP contribution in [0, 0.1) is 0 Å². The Bertz CT molecular complexity index is 382. The van der Waals surface area contributed by atoms with Crippen molar-refractivity contribution in [2.75, 3.05) is 20.3 Å². The predicted molar refractivity (Wildman–Crippen MR) is 57.7 cm³/mol. The van der Waals surface area contributed by atoms with Crippen molar-refractivity contribution in [2.45, 2.75) is 19.7 Å². The molecule has 0 aliphatic rings. The number of hydrogen-bond donors (Lipinski definition) is 0. The van der Waals surface area contributed by atoms with E-state index < -0.39 is 13.0 Å². The van der Waals surface area contributed by atoms with Crippen molar-refractivity contribution in [2.24, 2.45) is 0 Å². The summed E-state index contributed by atoms with van der Waals surface area (Å²) in [5.74, 6) is 0.543. The summed E-state index contributed by atoms with van der Waals surface area (Å²) in [6.07, 6.45) is -3.91. The molecule has 0 saturated heterocycles. The SMILES string of the molecule is CCc1ccc(OCCOC(F)(F)F)c(OC)n1. The van der Waals surface area contributed by atoms with Gasteiger partial charge >= 0.3 is 6.36 Å². The number of hydrogen-bond acceptors (Lipinski definition) is 4. The van der Waals surface area contributed by atoms with E-state index in [-0.39, 0.29) is 12.5 Å². The summed E-state index contributed by atoms with van der Waals surface area (Å²) in [5, 5.41) is 0. The molecule has 1 rings (SSSR count). The van der Waals surface area contributed by atoms with Crippen molar-refractivity contribution < 1.29 is 27.4 Å². The van der Waals surface area contributed by atoms with E-state index in [4.69, 9.17) is 9.47 Å². The van der Waals surface area contributed by atoms with Crippen molar-refractivity contribution >= 4 is 0 Å². The first-order chi connectivity index (χ1) is 8.46. The number of nitrogens with zero attached hydrogens (tertiary/aromatic N) is 1. The van der Waals surface area contributed by atoms with E-state index in [1.54, 1.807) is 12.1 Å². The number of rotatable bonds is 6. The lowest BCUT2D eigenvalue weighted by molar-refractivity contribution is -0.325. The van der Waals surface area contributed by atoms with Gasteiger partial charge in [0.25, 0.3) is 5.88 Å². The highest BCUT2D eigenvalue weighted by Crippen LogP contribution is 2.25. The summed E-state index contributed by atoms with van der Waals surface area (Å²) in [5.41, 5.74) is 0.811. The van der Waals surface area contributed by atoms with Gasteiger partial charge in [0, 0.05) is 5.69 Å². The average Bonchev–Trinajstić information content (AvgIpc) is 2.33. The van der Waals surface area contributed by atoms with Gasteiger partial charge in [-0.25, -0.2) is 4.98 Å². The Morgan fingerprint density at radius 1 is 1.22 bits per heavy atom. The Labute approximate surface area is 103 Å². The zero-order chi connectivity index (χ0) is 13.6. The summed E-state index contributed by atoms with van der Waals surface area (Å²) >= 11 is 0. The molecule has 0 spiro atoms. The Hall–Kier alpha value is -1.50. The van der Waals surface area contributed by atoms with E-state index in [2.05, 4.69) is 9.72 Å². The summed E-state index contributed by atoms with van der Waals surface area (Å²) < 4.78 is 48.8. The van der Waals surface area contributed by atoms with Crippen molar-refractivity contribution in [1.82, 2.24) is 4.98 Å². The molecular weight excluding hydrogens is 251 g/mol. The Morgan fingerprint density at radius 3 is 2.50 bits per heavy atom. The van der Waals surface area contributed by atoms with Crippen molar-refractivity contribution in [3.8, 4) is 11.6 Å². The summed E-state index contributed by atoms with van der Waals surface area (Å²) in [6, 6.07) is 3.33. The second-order valence-corrected chi connectivity index (χ2v) is 3.31. The largest absolute Gasteiger partial charge is 0.522 e. The Kier molecular flexibility index (Phi) is 5.21. The van der Waals surface area contributed by atoms with Crippen molar-refractivity contribution in [1.29, 1.82) is 0 Å². The van der Waals surface area contributed by atoms with Gasteiger partial charge in [-0.15, -0.1) is 13.2 Å². The van der Waals surface area contributed by atoms with Crippen molar-refractivity contribution in [3.63, 3.8) is 0 Å². The van der Waals surface area contributed by atoms with Crippen LogP contribution in [0.5, 0.6) is 11.6 Å². The van der Waals surface area contributed by atoms with Crippen molar-refractivity contribution in [3.05, 3.63) is 17.8 Å². The molecule has 4 nitrogen and oxygen atoms in total. The predicted octanol–water partition coefficient (Wildman–Crippen LogP) is 2.57. The van der Waals surface area contributed by atoms with Crippen LogP contribution >= 0.6 is 0 Å². The molecule has 0 saturated carbocycles. The molecule has 7 heteroatoms. The summed E-state index contributed by atoms with van der Waals surface area (Å²) in [4.78, 5) is 4.13. The monoisotopic (exact) mass is 265 g/mol. The fourth-order valence-corrected chi connectivity index (χ4v) is 1.23. The second-order valence-electron chi connectivity index (χ2n) is 3.31. The van der Waals surface area contributed by atoms with E-state index >= 15 is 0 Å². The normalized spacial score (nSPS) is 11.4. The molecule has 0 radical (unpaired) electrons. The number of methoxy groups -OCH3 is 1. The maximum atomic E-state index is 11.7. The van der Waals surface area contributed by atoms with Crippen LogP contribution in [-0.2, 0) is 11.2 Å². The van der Waals surface area contributed by atoms with Gasteiger partial charge in [0.1, 0.15) is 6.61 Å². The molecule has 1 aromatic heterocycles. The topological polar surface area (TPSA) is 40.6 Å². The molecule has 0 fully saturated rings. The summed E-state index contributed by atoms with van der Waals surface area (Å²) in [6.45, 7) is 1.12. The first kappa shape index (κ1) is 14.6. The van der Waals surface area contributed by atoms with Crippen LogP contribution in [0.1, 0.15) is 12.6 Å². The highest BCUT2D eigenvalue weighted by Gasteiger charge is 2.28. The minimum atomic E-state index is -4.64. The molecule has 0 aliphatic carbocycles. The molecule has 1 aromatic rings. The molecule has 0 bridgehead atoms. The molecule has 1 heterocycles. The second kappa shape index (κ2) is 6.44. The van der Waals surface area contributed by atoms with Gasteiger partial charge in [0.15, 0.2) is 5.75 Å². The van der Waals surface area contributed by atoms with E-state index in [1.807, 2.05) is 6.92 Å². The van der Waals surface area contributed by atoms with Crippen LogP contribution in [-0.4, -0.2) is 31.7 Å². The van der Waals surface area contributed by atoms with E-state index in [0.717, 1.165) is 12.1 Å². The van der Waals surface area contributed by atoms with Crippen LogP contribution in [0.3, 0.4) is 0 Å². The van der Waals surface area contributed by atoms with Crippen LogP contribution in [0.25, 0.3) is 0 Å². The molecule has 0 atom stereocenters. The summed E-state index contributed by atoms with van der Waals surface area (Å²) in [7, 11) is 1.42. The van der Waals surface area contributed by atoms with Gasteiger partial charge in [0.05, 0.1) is 13.7 Å². The Balaban J connectivity index is 2.51. The lowest BCUT2D eigenvalue weighted by Crippen LogP contribution is -2.18. The molecule has 0 aliphatic heterocycles. The number of ether oxygens (including phenoxy) is 3. The third kappa shape index (κ3) is 4.79. The lowest BCUT2D eigenvalue weighted by Gasteiger charge is -2.11. The molecule has 0 N–H and O–H groups in total. The average molecular weight is 265 g/mol. The number of alkyl halides is 3. The van der Waals surface area contributed by atoms with Crippen LogP contribution in [0.2, 0.25) is 0 Å². The van der Waals surface area contributed by atoms with Gasteiger partial charge < -0.3 is 9.47 Å². The molecule has 0 unspecified atom stereocenters. The van der Waals surface area contributed by atoms with E-state index in [1.165, 1.54) is 7.11 Å². The fourth-order valence-electron chi connectivity index (χ4n) is 1.23. The maximum Gasteiger partial charge on any atom is 0.522 e. The zero-order valence-corrected chi connectivity index (χ0v) is 10.1. The van der Waals surface area contributed by atoms with Gasteiger partial charge in [-0.2, -0.15) is 0 Å². The first-order valence-electron chi connectivity index (χ1n) is 5.33. The maximum absolute atomic E-state index is 11.7. The van der Waals surface area contributed by atoms with E-state index in [0.29, 0.717) is 5.75 Å². The lowest BCUT2D eigenvalue weighted by atomic mass is 10.3. The van der Waals surface area contributed by atoms with Gasteiger partial charge in [0.2, 0.25) is 0 Å². The van der Waals surface area contributed by atoms with Gasteiger partial charge in [-0.3, -0.25) is 4.74 Å². The minimum Gasteiger partial charge on any atom is -0.486 e. The number of aromatic nitrogens is 1. The van der Waals surface area contributed by atoms with Crippen LogP contribution < -0.4 is 9.47 Å². The molecule has 102 valence electrons. The molecule has 0 amide bonds. The van der Waals surface area contributed by atoms with E-state index in [9.17, 15) is 13.2 Å². The highest BCUT2D eigenvalue weighted by atomic mass is 19.4. The highest BCUT2D eigenvalue weighted by molar-refractivity contribution is 5.34.